The second kappa shape index (κ2) is 9.99. The highest BCUT2D eigenvalue weighted by Crippen LogP contribution is 2.24. The third-order valence-corrected chi connectivity index (χ3v) is 5.65. The maximum Gasteiger partial charge on any atom is 0.309 e. The molecule has 0 unspecified atom stereocenters. The van der Waals surface area contributed by atoms with Crippen molar-refractivity contribution in [2.24, 2.45) is 5.92 Å². The lowest BCUT2D eigenvalue weighted by molar-refractivity contribution is -0.151. The Balaban J connectivity index is 1.92. The van der Waals surface area contributed by atoms with E-state index in [2.05, 4.69) is 0 Å². The molecule has 6 nitrogen and oxygen atoms in total. The van der Waals surface area contributed by atoms with Crippen LogP contribution < -0.4 is 0 Å². The zero-order valence-corrected chi connectivity index (χ0v) is 17.4. The summed E-state index contributed by atoms with van der Waals surface area (Å²) in [4.78, 5) is 41.0. The van der Waals surface area contributed by atoms with Crippen molar-refractivity contribution in [3.8, 4) is 0 Å². The van der Waals surface area contributed by atoms with Gasteiger partial charge in [-0.15, -0.1) is 11.8 Å². The predicted molar refractivity (Wildman–Crippen MR) is 106 cm³/mol. The van der Waals surface area contributed by atoms with E-state index in [1.807, 2.05) is 12.3 Å². The summed E-state index contributed by atoms with van der Waals surface area (Å²) in [7, 11) is 1.59. The molecule has 0 spiro atoms. The van der Waals surface area contributed by atoms with Crippen LogP contribution in [0.4, 0.5) is 0 Å². The summed E-state index contributed by atoms with van der Waals surface area (Å²) in [5.41, 5.74) is 0.389. The largest absolute Gasteiger partial charge is 0.466 e. The summed E-state index contributed by atoms with van der Waals surface area (Å²) in [5.74, 6) is -0.766. The van der Waals surface area contributed by atoms with Gasteiger partial charge < -0.3 is 14.5 Å². The summed E-state index contributed by atoms with van der Waals surface area (Å²) in [6.45, 7) is 3.11. The molecule has 0 saturated carbocycles. The molecule has 148 valence electrons. The number of halogens is 1. The summed E-state index contributed by atoms with van der Waals surface area (Å²) >= 11 is 7.67. The molecule has 8 heteroatoms. The number of ether oxygens (including phenoxy) is 1. The fourth-order valence-corrected chi connectivity index (χ4v) is 3.64. The number of rotatable bonds is 6. The van der Waals surface area contributed by atoms with E-state index in [-0.39, 0.29) is 30.2 Å². The first-order chi connectivity index (χ1) is 12.9. The van der Waals surface area contributed by atoms with Gasteiger partial charge in [-0.25, -0.2) is 0 Å². The number of carbonyl (C=O) groups excluding carboxylic acids is 3. The fourth-order valence-electron chi connectivity index (χ4n) is 3.00. The van der Waals surface area contributed by atoms with E-state index in [1.54, 1.807) is 31.0 Å². The minimum absolute atomic E-state index is 0.0251. The molecule has 0 N–H and O–H groups in total. The molecule has 1 aromatic rings. The minimum Gasteiger partial charge on any atom is -0.466 e. The van der Waals surface area contributed by atoms with Gasteiger partial charge in [-0.05, 0) is 44.2 Å². The number of amides is 2. The fraction of sp³-hybridized carbons (Fsp3) is 0.526. The van der Waals surface area contributed by atoms with E-state index in [9.17, 15) is 14.4 Å². The monoisotopic (exact) mass is 412 g/mol. The Kier molecular flexibility index (Phi) is 7.98. The number of hydrogen-bond acceptors (Lipinski definition) is 5. The van der Waals surface area contributed by atoms with E-state index >= 15 is 0 Å². The molecule has 0 aliphatic carbocycles. The van der Waals surface area contributed by atoms with Gasteiger partial charge in [0.1, 0.15) is 0 Å². The molecule has 0 atom stereocenters. The van der Waals surface area contributed by atoms with Crippen LogP contribution in [0.3, 0.4) is 0 Å². The lowest BCUT2D eigenvalue weighted by Crippen LogP contribution is -2.45. The van der Waals surface area contributed by atoms with Crippen molar-refractivity contribution in [1.82, 2.24) is 9.80 Å². The second-order valence-electron chi connectivity index (χ2n) is 6.41. The standard InChI is InChI=1S/C19H25ClN2O4S/c1-4-26-19(25)13-7-9-22(10-8-13)17(23)12-21(2)18(24)15-11-14(27-3)5-6-16(15)20/h5-6,11,13H,4,7-10,12H2,1-3H3. The van der Waals surface area contributed by atoms with E-state index in [0.717, 1.165) is 4.90 Å². The molecule has 1 saturated heterocycles. The Hall–Kier alpha value is -1.73. The highest BCUT2D eigenvalue weighted by Gasteiger charge is 2.29. The van der Waals surface area contributed by atoms with Gasteiger partial charge in [-0.1, -0.05) is 11.6 Å². The number of carbonyl (C=O) groups is 3. The average Bonchev–Trinajstić information content (AvgIpc) is 2.68. The molecule has 1 aliphatic heterocycles. The topological polar surface area (TPSA) is 66.9 Å². The maximum absolute atomic E-state index is 12.7. The zero-order valence-electron chi connectivity index (χ0n) is 15.9. The van der Waals surface area contributed by atoms with E-state index in [4.69, 9.17) is 16.3 Å². The summed E-state index contributed by atoms with van der Waals surface area (Å²) < 4.78 is 5.04. The van der Waals surface area contributed by atoms with Gasteiger partial charge in [0.15, 0.2) is 0 Å². The normalized spacial score (nSPS) is 14.7. The van der Waals surface area contributed by atoms with Gasteiger partial charge in [0, 0.05) is 25.0 Å². The van der Waals surface area contributed by atoms with Crippen molar-refractivity contribution < 1.29 is 19.1 Å². The number of benzene rings is 1. The molecule has 2 amide bonds. The SMILES string of the molecule is CCOC(=O)C1CCN(C(=O)CN(C)C(=O)c2cc(SC)ccc2Cl)CC1. The van der Waals surface area contributed by atoms with Crippen LogP contribution in [0.5, 0.6) is 0 Å². The highest BCUT2D eigenvalue weighted by atomic mass is 35.5. The van der Waals surface area contributed by atoms with E-state index in [1.165, 1.54) is 16.7 Å². The molecule has 27 heavy (non-hydrogen) atoms. The third kappa shape index (κ3) is 5.62. The first-order valence-corrected chi connectivity index (χ1v) is 10.5. The van der Waals surface area contributed by atoms with Crippen molar-refractivity contribution in [2.75, 3.05) is 39.5 Å². The van der Waals surface area contributed by atoms with Crippen LogP contribution in [0.2, 0.25) is 5.02 Å². The van der Waals surface area contributed by atoms with Gasteiger partial charge in [0.2, 0.25) is 5.91 Å². The Labute approximate surface area is 169 Å². The first kappa shape index (κ1) is 21.6. The molecule has 1 aromatic carbocycles. The molecule has 1 aliphatic rings. The molecular weight excluding hydrogens is 388 g/mol. The molecule has 0 aromatic heterocycles. The number of likely N-dealkylation sites (N-methyl/N-ethyl adjacent to an activating group) is 1. The molecule has 1 fully saturated rings. The molecule has 2 rings (SSSR count). The van der Waals surface area contributed by atoms with Gasteiger partial charge in [-0.3, -0.25) is 14.4 Å². The molecule has 1 heterocycles. The van der Waals surface area contributed by atoms with Crippen molar-refractivity contribution in [3.05, 3.63) is 28.8 Å². The average molecular weight is 413 g/mol. The lowest BCUT2D eigenvalue weighted by atomic mass is 9.97. The van der Waals surface area contributed by atoms with Crippen LogP contribution in [0.25, 0.3) is 0 Å². The van der Waals surface area contributed by atoms with Crippen LogP contribution in [0.15, 0.2) is 23.1 Å². The van der Waals surface area contributed by atoms with Crippen molar-refractivity contribution in [2.45, 2.75) is 24.7 Å². The minimum atomic E-state index is -0.286. The van der Waals surface area contributed by atoms with Crippen LogP contribution >= 0.6 is 23.4 Å². The lowest BCUT2D eigenvalue weighted by Gasteiger charge is -2.32. The Bertz CT molecular complexity index is 705. The number of likely N-dealkylation sites (tertiary alicyclic amines) is 1. The number of esters is 1. The first-order valence-electron chi connectivity index (χ1n) is 8.90. The zero-order chi connectivity index (χ0) is 20.0. The van der Waals surface area contributed by atoms with Crippen LogP contribution in [0, 0.1) is 5.92 Å². The summed E-state index contributed by atoms with van der Waals surface area (Å²) in [5, 5.41) is 0.368. The Morgan fingerprint density at radius 2 is 1.96 bits per heavy atom. The Morgan fingerprint density at radius 1 is 1.30 bits per heavy atom. The number of nitrogens with zero attached hydrogens (tertiary/aromatic N) is 2. The predicted octanol–water partition coefficient (Wildman–Crippen LogP) is 2.94. The second-order valence-corrected chi connectivity index (χ2v) is 7.70. The van der Waals surface area contributed by atoms with Gasteiger partial charge in [-0.2, -0.15) is 0 Å². The Morgan fingerprint density at radius 3 is 2.56 bits per heavy atom. The quantitative estimate of drug-likeness (QED) is 0.530. The molecular formula is C19H25ClN2O4S. The molecule has 0 radical (unpaired) electrons. The van der Waals surface area contributed by atoms with Crippen LogP contribution in [-0.2, 0) is 14.3 Å². The van der Waals surface area contributed by atoms with E-state index in [0.29, 0.717) is 43.1 Å². The number of hydrogen-bond donors (Lipinski definition) is 0. The van der Waals surface area contributed by atoms with Gasteiger partial charge in [0.05, 0.1) is 29.7 Å². The maximum atomic E-state index is 12.7. The third-order valence-electron chi connectivity index (χ3n) is 4.59. The number of piperidine rings is 1. The van der Waals surface area contributed by atoms with Crippen molar-refractivity contribution in [3.63, 3.8) is 0 Å². The summed E-state index contributed by atoms with van der Waals surface area (Å²) in [6.07, 6.45) is 3.10. The highest BCUT2D eigenvalue weighted by molar-refractivity contribution is 7.98. The summed E-state index contributed by atoms with van der Waals surface area (Å²) in [6, 6.07) is 5.28. The molecule has 0 bridgehead atoms. The number of thioether (sulfide) groups is 1. The van der Waals surface area contributed by atoms with Crippen LogP contribution in [0.1, 0.15) is 30.1 Å². The van der Waals surface area contributed by atoms with E-state index < -0.39 is 0 Å². The van der Waals surface area contributed by atoms with Crippen molar-refractivity contribution >= 4 is 41.1 Å². The van der Waals surface area contributed by atoms with Crippen LogP contribution in [-0.4, -0.2) is 67.1 Å². The smallest absolute Gasteiger partial charge is 0.309 e. The van der Waals surface area contributed by atoms with Crippen molar-refractivity contribution in [1.29, 1.82) is 0 Å². The van der Waals surface area contributed by atoms with Gasteiger partial charge in [0.25, 0.3) is 5.91 Å². The van der Waals surface area contributed by atoms with Gasteiger partial charge >= 0.3 is 5.97 Å².